The average Bonchev–Trinajstić information content (AvgIpc) is 1.41. The molecule has 0 aliphatic heterocycles. The molecule has 0 bridgehead atoms. The van der Waals surface area contributed by atoms with Gasteiger partial charge >= 0.3 is 41.4 Å². The van der Waals surface area contributed by atoms with Gasteiger partial charge in [0, 0.05) is 0 Å². The van der Waals surface area contributed by atoms with Gasteiger partial charge in [-0.2, -0.15) is 0 Å². The Balaban J connectivity index is 2.92. The van der Waals surface area contributed by atoms with Crippen molar-refractivity contribution in [3.05, 3.63) is 10.4 Å². The molecule has 0 fully saturated rings. The number of hydrogen-bond donors (Lipinski definition) is 0. The van der Waals surface area contributed by atoms with Crippen LogP contribution in [-0.2, 0) is 3.74 Å². The Bertz CT molecular complexity index is 51.6. The topological polar surface area (TPSA) is 17.1 Å². The summed E-state index contributed by atoms with van der Waals surface area (Å²) in [5.74, 6) is 0. The fourth-order valence-electron chi connectivity index (χ4n) is 0.0230. The Morgan fingerprint density at radius 3 is 2.40 bits per heavy atom. The van der Waals surface area contributed by atoms with Gasteiger partial charge < -0.3 is 0 Å². The zero-order chi connectivity index (χ0) is 4.12. The van der Waals surface area contributed by atoms with E-state index >= 15 is 0 Å². The van der Waals surface area contributed by atoms with Crippen molar-refractivity contribution in [1.82, 2.24) is 0 Å². The van der Waals surface area contributed by atoms with Crippen molar-refractivity contribution < 1.29 is 3.74 Å². The van der Waals surface area contributed by atoms with E-state index in [0.29, 0.717) is 0 Å². The van der Waals surface area contributed by atoms with E-state index in [2.05, 4.69) is 0 Å². The fraction of sp³-hybridized carbons (Fsp3) is 0. The molecule has 0 aliphatic carbocycles. The molecule has 5 heavy (non-hydrogen) atoms. The van der Waals surface area contributed by atoms with Crippen LogP contribution in [0.1, 0.15) is 0 Å². The van der Waals surface area contributed by atoms with Gasteiger partial charge in [-0.25, -0.2) is 0 Å². The second kappa shape index (κ2) is 4.39. The van der Waals surface area contributed by atoms with Crippen LogP contribution in [0.5, 0.6) is 0 Å². The Morgan fingerprint density at radius 1 is 1.80 bits per heavy atom. The predicted octanol–water partition coefficient (Wildman–Crippen LogP) is 0.746. The van der Waals surface area contributed by atoms with Crippen molar-refractivity contribution >= 4 is 27.3 Å². The maximum atomic E-state index is 9.45. The third-order valence-corrected chi connectivity index (χ3v) is 1.19. The van der Waals surface area contributed by atoms with Crippen LogP contribution in [0.4, 0.5) is 0 Å². The Kier molecular flexibility index (Phi) is 4.73. The molecular weight excluding hydrogens is 150 g/mol. The third-order valence-electron chi connectivity index (χ3n) is 0.117. The summed E-state index contributed by atoms with van der Waals surface area (Å²) in [6, 6.07) is 0. The van der Waals surface area contributed by atoms with Gasteiger partial charge in [0.2, 0.25) is 0 Å². The van der Waals surface area contributed by atoms with Crippen molar-refractivity contribution in [3.63, 3.8) is 0 Å². The molecule has 0 radical (unpaired) electrons. The van der Waals surface area contributed by atoms with Gasteiger partial charge in [-0.3, -0.25) is 0 Å². The molecule has 28 valence electrons. The first-order chi connectivity index (χ1) is 2.41. The molecule has 1 nitrogen and oxygen atoms in total. The van der Waals surface area contributed by atoms with Crippen LogP contribution in [0, 0.1) is 0 Å². The van der Waals surface area contributed by atoms with Gasteiger partial charge in [-0.15, -0.1) is 0 Å². The van der Waals surface area contributed by atoms with E-state index < -0.39 is 15.7 Å². The zero-order valence-corrected chi connectivity index (χ0v) is 5.02. The molecule has 0 spiro atoms. The summed E-state index contributed by atoms with van der Waals surface area (Å²) in [7, 11) is 0. The quantitative estimate of drug-likeness (QED) is 0.507. The van der Waals surface area contributed by atoms with E-state index in [1.54, 1.807) is 0 Å². The summed E-state index contributed by atoms with van der Waals surface area (Å²) in [5.41, 5.74) is 1.26. The summed E-state index contributed by atoms with van der Waals surface area (Å²) >= 11 is 4.10. The maximum absolute atomic E-state index is 9.45. The second-order valence-corrected chi connectivity index (χ2v) is 1.70. The average molecular weight is 152 g/mol. The predicted molar refractivity (Wildman–Crippen MR) is 21.4 cm³/mol. The third kappa shape index (κ3) is 4.39. The molecule has 0 aromatic carbocycles. The van der Waals surface area contributed by atoms with Crippen molar-refractivity contribution in [1.29, 1.82) is 0 Å². The van der Waals surface area contributed by atoms with Crippen molar-refractivity contribution in [2.24, 2.45) is 0 Å². The first-order valence-electron chi connectivity index (χ1n) is 0.992. The summed E-state index contributed by atoms with van der Waals surface area (Å²) in [5, 5.41) is 0. The molecule has 3 heteroatoms. The van der Waals surface area contributed by atoms with Gasteiger partial charge in [-0.1, -0.05) is 0 Å². The van der Waals surface area contributed by atoms with Crippen LogP contribution in [-0.4, -0.2) is 15.7 Å². The van der Waals surface area contributed by atoms with E-state index in [-0.39, 0.29) is 0 Å². The molecule has 0 aromatic rings. The first kappa shape index (κ1) is 5.39. The molecule has 0 aliphatic rings. The van der Waals surface area contributed by atoms with Crippen LogP contribution in [0.25, 0.3) is 0 Å². The van der Waals surface area contributed by atoms with Crippen molar-refractivity contribution in [2.45, 2.75) is 0 Å². The van der Waals surface area contributed by atoms with Crippen molar-refractivity contribution in [3.8, 4) is 0 Å². The van der Waals surface area contributed by atoms with Crippen LogP contribution in [0.2, 0.25) is 0 Å². The molecule has 0 aromatic heterocycles. The van der Waals surface area contributed by atoms with Crippen LogP contribution >= 0.6 is 11.6 Å². The van der Waals surface area contributed by atoms with Gasteiger partial charge in [0.05, 0.1) is 0 Å². The molecule has 0 amide bonds. The minimum atomic E-state index is -0.846. The molecule has 0 saturated carbocycles. The number of hydrogen-bond acceptors (Lipinski definition) is 1. The summed E-state index contributed by atoms with van der Waals surface area (Å²) in [4.78, 5) is 1.43. The summed E-state index contributed by atoms with van der Waals surface area (Å²) in [6.45, 7) is 0. The minimum absolute atomic E-state index is 0.846. The van der Waals surface area contributed by atoms with Gasteiger partial charge in [0.25, 0.3) is 0 Å². The summed E-state index contributed by atoms with van der Waals surface area (Å²) in [6.07, 6.45) is 0. The van der Waals surface area contributed by atoms with Crippen LogP contribution < -0.4 is 0 Å². The molecule has 0 N–H and O–H groups in total. The van der Waals surface area contributed by atoms with E-state index in [1.165, 1.54) is 10.4 Å². The molecule has 0 saturated heterocycles. The Morgan fingerprint density at radius 2 is 2.40 bits per heavy atom. The van der Waals surface area contributed by atoms with E-state index in [9.17, 15) is 3.74 Å². The Hall–Kier alpha value is 0.388. The van der Waals surface area contributed by atoms with E-state index in [1.807, 2.05) is 0 Å². The van der Waals surface area contributed by atoms with Gasteiger partial charge in [0.15, 0.2) is 0 Å². The van der Waals surface area contributed by atoms with Crippen molar-refractivity contribution in [2.75, 3.05) is 0 Å². The number of halogens is 1. The van der Waals surface area contributed by atoms with Crippen LogP contribution in [0.15, 0.2) is 10.4 Å². The van der Waals surface area contributed by atoms with Crippen LogP contribution in [0.3, 0.4) is 0 Å². The standard InChI is InChI=1S/C2H2AsClO/c4-2-1-3-5/h1-2H/b2-1+. The summed E-state index contributed by atoms with van der Waals surface area (Å²) < 4.78 is 9.45. The molecular formula is C2H2AsClO. The Labute approximate surface area is 41.9 Å². The van der Waals surface area contributed by atoms with E-state index in [0.717, 1.165) is 0 Å². The molecule has 0 rings (SSSR count). The normalized spacial score (nSPS) is 10.6. The van der Waals surface area contributed by atoms with Gasteiger partial charge in [-0.05, 0) is 0 Å². The fourth-order valence-corrected chi connectivity index (χ4v) is 0.359. The second-order valence-electron chi connectivity index (χ2n) is 0.380. The number of rotatable bonds is 1. The monoisotopic (exact) mass is 152 g/mol. The molecule has 0 atom stereocenters. The SMILES string of the molecule is O=[As]/C=C/Cl. The van der Waals surface area contributed by atoms with E-state index in [4.69, 9.17) is 11.6 Å². The zero-order valence-electron chi connectivity index (χ0n) is 2.39. The first-order valence-corrected chi connectivity index (χ1v) is 3.28. The molecule has 0 unspecified atom stereocenters. The molecule has 0 heterocycles. The van der Waals surface area contributed by atoms with Gasteiger partial charge in [0.1, 0.15) is 0 Å².